The fourth-order valence-corrected chi connectivity index (χ4v) is 4.21. The molecule has 0 bridgehead atoms. The third kappa shape index (κ3) is 4.10. The summed E-state index contributed by atoms with van der Waals surface area (Å²) in [6.07, 6.45) is 3.84. The lowest BCUT2D eigenvalue weighted by molar-refractivity contribution is 0.00271. The summed E-state index contributed by atoms with van der Waals surface area (Å²) in [4.78, 5) is 2.51. The predicted octanol–water partition coefficient (Wildman–Crippen LogP) is -0.564. The maximum Gasteiger partial charge on any atom is 0.243 e. The molecule has 0 spiro atoms. The van der Waals surface area contributed by atoms with Crippen LogP contribution in [0.1, 0.15) is 6.42 Å². The van der Waals surface area contributed by atoms with Gasteiger partial charge in [-0.1, -0.05) is 0 Å². The molecular formula is C14H24N4O4S. The third-order valence-electron chi connectivity index (χ3n) is 4.50. The molecule has 1 aromatic rings. The van der Waals surface area contributed by atoms with Crippen molar-refractivity contribution in [1.29, 1.82) is 0 Å². The predicted molar refractivity (Wildman–Crippen MR) is 83.5 cm³/mol. The van der Waals surface area contributed by atoms with Crippen molar-refractivity contribution in [2.45, 2.75) is 17.4 Å². The van der Waals surface area contributed by atoms with Crippen molar-refractivity contribution in [3.05, 3.63) is 12.4 Å². The molecule has 130 valence electrons. The van der Waals surface area contributed by atoms with Crippen molar-refractivity contribution >= 4 is 10.0 Å². The van der Waals surface area contributed by atoms with Crippen molar-refractivity contribution in [2.75, 3.05) is 46.1 Å². The van der Waals surface area contributed by atoms with Gasteiger partial charge in [0.25, 0.3) is 0 Å². The molecule has 2 saturated heterocycles. The van der Waals surface area contributed by atoms with Crippen LogP contribution >= 0.6 is 0 Å². The molecule has 8 nitrogen and oxygen atoms in total. The average molecular weight is 344 g/mol. The van der Waals surface area contributed by atoms with E-state index in [1.165, 1.54) is 17.1 Å². The third-order valence-corrected chi connectivity index (χ3v) is 5.88. The Balaban J connectivity index is 1.68. The van der Waals surface area contributed by atoms with Crippen LogP contribution in [-0.4, -0.2) is 75.2 Å². The van der Waals surface area contributed by atoms with E-state index >= 15 is 0 Å². The first-order valence-electron chi connectivity index (χ1n) is 7.94. The molecule has 0 amide bonds. The molecule has 0 aliphatic carbocycles. The van der Waals surface area contributed by atoms with E-state index < -0.39 is 10.0 Å². The lowest BCUT2D eigenvalue weighted by Gasteiger charge is -2.37. The van der Waals surface area contributed by atoms with E-state index in [2.05, 4.69) is 14.7 Å². The quantitative estimate of drug-likeness (QED) is 0.744. The Morgan fingerprint density at radius 3 is 2.74 bits per heavy atom. The molecule has 0 unspecified atom stereocenters. The summed E-state index contributed by atoms with van der Waals surface area (Å²) in [5.41, 5.74) is 0. The summed E-state index contributed by atoms with van der Waals surface area (Å²) in [5, 5.41) is 3.93. The monoisotopic (exact) mass is 344 g/mol. The van der Waals surface area contributed by atoms with Gasteiger partial charge in [0, 0.05) is 51.4 Å². The van der Waals surface area contributed by atoms with Gasteiger partial charge in [-0.15, -0.1) is 0 Å². The van der Waals surface area contributed by atoms with Crippen LogP contribution in [0.3, 0.4) is 0 Å². The first kappa shape index (κ1) is 16.8. The highest BCUT2D eigenvalue weighted by atomic mass is 32.2. The summed E-state index contributed by atoms with van der Waals surface area (Å²) in [6, 6.07) is 0.132. The standard InChI is InChI=1S/C14H24N4O4S/c1-17-10-13(8-15-17)23(19,20)16-9-14(12-2-5-22-11-12)18-3-6-21-7-4-18/h8,10,12,14,16H,2-7,9,11H2,1H3/t12-,14+/m0/s1. The topological polar surface area (TPSA) is 85.7 Å². The second-order valence-electron chi connectivity index (χ2n) is 6.04. The van der Waals surface area contributed by atoms with Crippen molar-refractivity contribution in [1.82, 2.24) is 19.4 Å². The SMILES string of the molecule is Cn1cc(S(=O)(=O)NC[C@H]([C@H]2CCOC2)N2CCOCC2)cn1. The highest BCUT2D eigenvalue weighted by Gasteiger charge is 2.32. The Bertz CT molecular complexity index is 606. The van der Waals surface area contributed by atoms with Crippen LogP contribution in [-0.2, 0) is 26.5 Å². The van der Waals surface area contributed by atoms with Crippen LogP contribution in [0.4, 0.5) is 0 Å². The van der Waals surface area contributed by atoms with E-state index in [1.54, 1.807) is 7.05 Å². The Morgan fingerprint density at radius 2 is 2.13 bits per heavy atom. The van der Waals surface area contributed by atoms with Crippen LogP contribution in [0.25, 0.3) is 0 Å². The fourth-order valence-electron chi connectivity index (χ4n) is 3.18. The molecule has 9 heteroatoms. The van der Waals surface area contributed by atoms with Crippen molar-refractivity contribution in [2.24, 2.45) is 13.0 Å². The Labute approximate surface area is 136 Å². The van der Waals surface area contributed by atoms with E-state index in [-0.39, 0.29) is 10.9 Å². The number of morpholine rings is 1. The minimum absolute atomic E-state index is 0.132. The van der Waals surface area contributed by atoms with E-state index in [1.807, 2.05) is 0 Å². The molecule has 3 heterocycles. The van der Waals surface area contributed by atoms with E-state index in [4.69, 9.17) is 9.47 Å². The minimum Gasteiger partial charge on any atom is -0.381 e. The summed E-state index contributed by atoms with van der Waals surface area (Å²) >= 11 is 0. The number of nitrogens with one attached hydrogen (secondary N) is 1. The van der Waals surface area contributed by atoms with Gasteiger partial charge in [-0.2, -0.15) is 5.10 Å². The normalized spacial score (nSPS) is 24.8. The largest absolute Gasteiger partial charge is 0.381 e. The first-order chi connectivity index (χ1) is 11.1. The zero-order valence-electron chi connectivity index (χ0n) is 13.3. The van der Waals surface area contributed by atoms with E-state index in [0.29, 0.717) is 32.3 Å². The number of ether oxygens (including phenoxy) is 2. The van der Waals surface area contributed by atoms with Crippen molar-refractivity contribution < 1.29 is 17.9 Å². The van der Waals surface area contributed by atoms with Crippen LogP contribution < -0.4 is 4.72 Å². The van der Waals surface area contributed by atoms with E-state index in [9.17, 15) is 8.42 Å². The zero-order valence-corrected chi connectivity index (χ0v) is 14.2. The number of nitrogens with zero attached hydrogens (tertiary/aromatic N) is 3. The molecule has 0 radical (unpaired) electrons. The van der Waals surface area contributed by atoms with Crippen LogP contribution in [0, 0.1) is 5.92 Å². The Kier molecular flexibility index (Phi) is 5.32. The van der Waals surface area contributed by atoms with Crippen molar-refractivity contribution in [3.8, 4) is 0 Å². The second-order valence-corrected chi connectivity index (χ2v) is 7.81. The van der Waals surface area contributed by atoms with Crippen LogP contribution in [0.5, 0.6) is 0 Å². The smallest absolute Gasteiger partial charge is 0.243 e. The summed E-state index contributed by atoms with van der Waals surface area (Å²) in [7, 11) is -1.83. The molecular weight excluding hydrogens is 320 g/mol. The second kappa shape index (κ2) is 7.27. The maximum atomic E-state index is 12.4. The average Bonchev–Trinajstić information content (AvgIpc) is 3.20. The molecule has 0 aromatic carbocycles. The van der Waals surface area contributed by atoms with Gasteiger partial charge in [-0.3, -0.25) is 9.58 Å². The number of hydrogen-bond donors (Lipinski definition) is 1. The molecule has 1 aromatic heterocycles. The zero-order chi connectivity index (χ0) is 16.3. The molecule has 23 heavy (non-hydrogen) atoms. The highest BCUT2D eigenvalue weighted by Crippen LogP contribution is 2.22. The highest BCUT2D eigenvalue weighted by molar-refractivity contribution is 7.89. The molecule has 2 atom stereocenters. The molecule has 2 aliphatic rings. The first-order valence-corrected chi connectivity index (χ1v) is 9.42. The van der Waals surface area contributed by atoms with Gasteiger partial charge < -0.3 is 9.47 Å². The van der Waals surface area contributed by atoms with Gasteiger partial charge in [0.2, 0.25) is 10.0 Å². The van der Waals surface area contributed by atoms with E-state index in [0.717, 1.165) is 26.1 Å². The van der Waals surface area contributed by atoms with Crippen LogP contribution in [0.15, 0.2) is 17.3 Å². The van der Waals surface area contributed by atoms with Gasteiger partial charge in [0.15, 0.2) is 0 Å². The number of rotatable bonds is 6. The molecule has 0 saturated carbocycles. The molecule has 2 fully saturated rings. The Hall–Kier alpha value is -1.00. The number of aryl methyl sites for hydroxylation is 1. The Morgan fingerprint density at radius 1 is 1.35 bits per heavy atom. The lowest BCUT2D eigenvalue weighted by Crippen LogP contribution is -2.52. The lowest BCUT2D eigenvalue weighted by atomic mass is 9.97. The summed E-state index contributed by atoms with van der Waals surface area (Å²) in [6.45, 7) is 4.87. The minimum atomic E-state index is -3.53. The number of sulfonamides is 1. The van der Waals surface area contributed by atoms with Crippen molar-refractivity contribution in [3.63, 3.8) is 0 Å². The fraction of sp³-hybridized carbons (Fsp3) is 0.786. The number of hydrogen-bond acceptors (Lipinski definition) is 6. The van der Waals surface area contributed by atoms with Crippen LogP contribution in [0.2, 0.25) is 0 Å². The molecule has 2 aliphatic heterocycles. The summed E-state index contributed by atoms with van der Waals surface area (Å²) < 4.78 is 40.0. The van der Waals surface area contributed by atoms with Gasteiger partial charge in [0.1, 0.15) is 4.90 Å². The van der Waals surface area contributed by atoms with Gasteiger partial charge in [0.05, 0.1) is 26.0 Å². The maximum absolute atomic E-state index is 12.4. The summed E-state index contributed by atoms with van der Waals surface area (Å²) in [5.74, 6) is 0.352. The van der Waals surface area contributed by atoms with Gasteiger partial charge >= 0.3 is 0 Å². The molecule has 1 N–H and O–H groups in total. The number of aromatic nitrogens is 2. The van der Waals surface area contributed by atoms with Gasteiger partial charge in [-0.05, 0) is 6.42 Å². The van der Waals surface area contributed by atoms with Gasteiger partial charge in [-0.25, -0.2) is 13.1 Å². The molecule has 3 rings (SSSR count).